The van der Waals surface area contributed by atoms with Crippen LogP contribution in [0.4, 0.5) is 10.1 Å². The maximum atomic E-state index is 13.0. The van der Waals surface area contributed by atoms with Gasteiger partial charge in [-0.15, -0.1) is 0 Å². The number of thiocarbonyl (C=S) groups is 1. The van der Waals surface area contributed by atoms with E-state index in [0.717, 1.165) is 0 Å². The minimum absolute atomic E-state index is 0.0688. The van der Waals surface area contributed by atoms with Crippen molar-refractivity contribution in [2.45, 2.75) is 20.3 Å². The van der Waals surface area contributed by atoms with Gasteiger partial charge in [0.2, 0.25) is 11.8 Å². The van der Waals surface area contributed by atoms with Crippen LogP contribution >= 0.6 is 12.2 Å². The topological polar surface area (TPSA) is 107 Å². The Morgan fingerprint density at radius 1 is 1.11 bits per heavy atom. The van der Waals surface area contributed by atoms with Gasteiger partial charge in [-0.1, -0.05) is 12.1 Å². The molecule has 0 bridgehead atoms. The Kier molecular flexibility index (Phi) is 7.50. The molecule has 0 saturated heterocycles. The number of aryl methyl sites for hydroxylation is 1. The number of nitrogens with zero attached hydrogens (tertiary/aromatic N) is 3. The highest BCUT2D eigenvalue weighted by Crippen LogP contribution is 2.29. The highest BCUT2D eigenvalue weighted by molar-refractivity contribution is 7.80. The van der Waals surface area contributed by atoms with Crippen molar-refractivity contribution < 1.29 is 23.5 Å². The lowest BCUT2D eigenvalue weighted by Crippen LogP contribution is -2.35. The van der Waals surface area contributed by atoms with E-state index in [9.17, 15) is 14.0 Å². The van der Waals surface area contributed by atoms with E-state index in [1.165, 1.54) is 23.0 Å². The maximum Gasteiger partial charge on any atom is 0.340 e. The molecule has 0 unspecified atom stereocenters. The average molecular weight is 508 g/mol. The monoisotopic (exact) mass is 507 g/mol. The fourth-order valence-corrected chi connectivity index (χ4v) is 3.69. The number of fused-ring (bicyclic) bond motifs is 1. The average Bonchev–Trinajstić information content (AvgIpc) is 3.19. The Morgan fingerprint density at radius 3 is 2.53 bits per heavy atom. The van der Waals surface area contributed by atoms with Crippen LogP contribution in [0, 0.1) is 12.7 Å². The van der Waals surface area contributed by atoms with E-state index in [1.54, 1.807) is 56.4 Å². The second kappa shape index (κ2) is 10.9. The third-order valence-corrected chi connectivity index (χ3v) is 5.35. The van der Waals surface area contributed by atoms with E-state index >= 15 is 0 Å². The SMILES string of the molecule is CCOC(=O)c1cn2ncnc(Oc3ccc(NC(=S)NC(=O)Cc4ccc(F)cc4)cc3)c2c1C. The summed E-state index contributed by atoms with van der Waals surface area (Å²) in [4.78, 5) is 28.6. The predicted octanol–water partition coefficient (Wildman–Crippen LogP) is 4.20. The number of hydrogen-bond acceptors (Lipinski definition) is 7. The Balaban J connectivity index is 1.39. The van der Waals surface area contributed by atoms with Gasteiger partial charge >= 0.3 is 5.97 Å². The highest BCUT2D eigenvalue weighted by atomic mass is 32.1. The molecule has 2 heterocycles. The van der Waals surface area contributed by atoms with Crippen LogP contribution in [0.1, 0.15) is 28.4 Å². The zero-order valence-corrected chi connectivity index (χ0v) is 20.3. The number of aromatic nitrogens is 3. The van der Waals surface area contributed by atoms with E-state index in [2.05, 4.69) is 20.7 Å². The molecule has 9 nitrogen and oxygen atoms in total. The summed E-state index contributed by atoms with van der Waals surface area (Å²) in [6.07, 6.45) is 2.98. The number of rotatable bonds is 7. The van der Waals surface area contributed by atoms with Gasteiger partial charge in [0.25, 0.3) is 0 Å². The summed E-state index contributed by atoms with van der Waals surface area (Å²) in [5.41, 5.74) is 2.88. The van der Waals surface area contributed by atoms with Gasteiger partial charge in [0, 0.05) is 11.9 Å². The lowest BCUT2D eigenvalue weighted by molar-refractivity contribution is -0.119. The summed E-state index contributed by atoms with van der Waals surface area (Å²) in [5, 5.41) is 9.80. The minimum Gasteiger partial charge on any atom is -0.462 e. The molecule has 0 aliphatic carbocycles. The fourth-order valence-electron chi connectivity index (χ4n) is 3.46. The summed E-state index contributed by atoms with van der Waals surface area (Å²) < 4.78 is 25.6. The third kappa shape index (κ3) is 5.81. The number of anilines is 1. The molecule has 2 aromatic heterocycles. The molecule has 0 aliphatic rings. The number of carbonyl (C=O) groups excluding carboxylic acids is 2. The van der Waals surface area contributed by atoms with E-state index in [-0.39, 0.29) is 35.7 Å². The van der Waals surface area contributed by atoms with Gasteiger partial charge in [0.05, 0.1) is 18.6 Å². The summed E-state index contributed by atoms with van der Waals surface area (Å²) in [7, 11) is 0. The van der Waals surface area contributed by atoms with Crippen LogP contribution in [0.2, 0.25) is 0 Å². The van der Waals surface area contributed by atoms with Gasteiger partial charge in [0.15, 0.2) is 5.11 Å². The van der Waals surface area contributed by atoms with Crippen LogP contribution in [0.5, 0.6) is 11.6 Å². The van der Waals surface area contributed by atoms with Crippen LogP contribution < -0.4 is 15.4 Å². The predicted molar refractivity (Wildman–Crippen MR) is 135 cm³/mol. The van der Waals surface area contributed by atoms with Gasteiger partial charge < -0.3 is 20.1 Å². The minimum atomic E-state index is -0.442. The van der Waals surface area contributed by atoms with E-state index in [4.69, 9.17) is 21.7 Å². The first-order valence-corrected chi connectivity index (χ1v) is 11.4. The summed E-state index contributed by atoms with van der Waals surface area (Å²) >= 11 is 5.20. The molecule has 2 N–H and O–H groups in total. The van der Waals surface area contributed by atoms with E-state index in [0.29, 0.717) is 33.6 Å². The quantitative estimate of drug-likeness (QED) is 0.283. The Labute approximate surface area is 211 Å². The van der Waals surface area contributed by atoms with Crippen LogP contribution in [0.3, 0.4) is 0 Å². The van der Waals surface area contributed by atoms with Crippen LogP contribution in [-0.2, 0) is 16.0 Å². The molecule has 1 amide bonds. The Hall–Kier alpha value is -4.38. The first-order chi connectivity index (χ1) is 17.3. The molecule has 0 atom stereocenters. The fraction of sp³-hybridized carbons (Fsp3) is 0.160. The molecule has 2 aromatic carbocycles. The van der Waals surface area contributed by atoms with Crippen LogP contribution in [-0.4, -0.2) is 38.2 Å². The van der Waals surface area contributed by atoms with Gasteiger partial charge in [0.1, 0.15) is 23.4 Å². The molecule has 4 aromatic rings. The smallest absolute Gasteiger partial charge is 0.340 e. The normalized spacial score (nSPS) is 10.6. The van der Waals surface area contributed by atoms with Gasteiger partial charge in [-0.2, -0.15) is 10.1 Å². The maximum absolute atomic E-state index is 13.0. The lowest BCUT2D eigenvalue weighted by atomic mass is 10.1. The Morgan fingerprint density at radius 2 is 1.83 bits per heavy atom. The number of carbonyl (C=O) groups is 2. The molecule has 0 aliphatic heterocycles. The second-order valence-corrected chi connectivity index (χ2v) is 8.09. The van der Waals surface area contributed by atoms with E-state index < -0.39 is 5.97 Å². The van der Waals surface area contributed by atoms with Crippen molar-refractivity contribution in [1.82, 2.24) is 19.9 Å². The molecule has 0 spiro atoms. The van der Waals surface area contributed by atoms with Crippen molar-refractivity contribution in [3.05, 3.63) is 83.6 Å². The van der Waals surface area contributed by atoms with Gasteiger partial charge in [-0.25, -0.2) is 13.7 Å². The molecule has 0 saturated carbocycles. The van der Waals surface area contributed by atoms with Crippen molar-refractivity contribution >= 4 is 40.4 Å². The molecular weight excluding hydrogens is 485 g/mol. The number of ether oxygens (including phenoxy) is 2. The first kappa shape index (κ1) is 24.7. The van der Waals surface area contributed by atoms with Crippen molar-refractivity contribution in [3.63, 3.8) is 0 Å². The number of halogens is 1. The van der Waals surface area contributed by atoms with E-state index in [1.807, 2.05) is 0 Å². The van der Waals surface area contributed by atoms with Crippen molar-refractivity contribution in [2.24, 2.45) is 0 Å². The number of nitrogens with one attached hydrogen (secondary N) is 2. The van der Waals surface area contributed by atoms with Crippen molar-refractivity contribution in [1.29, 1.82) is 0 Å². The van der Waals surface area contributed by atoms with Crippen molar-refractivity contribution in [3.8, 4) is 11.6 Å². The number of benzene rings is 2. The summed E-state index contributed by atoms with van der Waals surface area (Å²) in [6.45, 7) is 3.78. The summed E-state index contributed by atoms with van der Waals surface area (Å²) in [5.74, 6) is -0.356. The largest absolute Gasteiger partial charge is 0.462 e. The molecular formula is C25H22FN5O4S. The van der Waals surface area contributed by atoms with Crippen LogP contribution in [0.25, 0.3) is 5.52 Å². The third-order valence-electron chi connectivity index (χ3n) is 5.15. The number of hydrogen-bond donors (Lipinski definition) is 2. The second-order valence-electron chi connectivity index (χ2n) is 7.68. The molecule has 36 heavy (non-hydrogen) atoms. The zero-order valence-electron chi connectivity index (χ0n) is 19.4. The number of amides is 1. The first-order valence-electron chi connectivity index (χ1n) is 11.0. The van der Waals surface area contributed by atoms with Gasteiger partial charge in [-0.3, -0.25) is 4.79 Å². The zero-order chi connectivity index (χ0) is 25.7. The molecule has 11 heteroatoms. The number of esters is 1. The standard InChI is InChI=1S/C25H22FN5O4S/c1-3-34-24(33)20-13-31-22(15(20)2)23(27-14-28-31)35-19-10-8-18(9-11-19)29-25(36)30-21(32)12-16-4-6-17(26)7-5-16/h4-11,13-14H,3,12H2,1-2H3,(H2,29,30,32,36). The highest BCUT2D eigenvalue weighted by Gasteiger charge is 2.19. The van der Waals surface area contributed by atoms with Gasteiger partial charge in [-0.05, 0) is 73.6 Å². The molecule has 184 valence electrons. The van der Waals surface area contributed by atoms with Crippen LogP contribution in [0.15, 0.2) is 61.1 Å². The lowest BCUT2D eigenvalue weighted by Gasteiger charge is -2.11. The van der Waals surface area contributed by atoms with Crippen molar-refractivity contribution in [2.75, 3.05) is 11.9 Å². The molecule has 4 rings (SSSR count). The molecule has 0 fully saturated rings. The Bertz CT molecular complexity index is 1420. The molecule has 0 radical (unpaired) electrons. The summed E-state index contributed by atoms with van der Waals surface area (Å²) in [6, 6.07) is 12.5.